The van der Waals surface area contributed by atoms with Crippen molar-refractivity contribution in [1.82, 2.24) is 0 Å². The summed E-state index contributed by atoms with van der Waals surface area (Å²) in [5.41, 5.74) is 0. The van der Waals surface area contributed by atoms with Crippen LogP contribution in [0.15, 0.2) is 48.6 Å². The van der Waals surface area contributed by atoms with Gasteiger partial charge < -0.3 is 14.2 Å². The van der Waals surface area contributed by atoms with E-state index in [1.807, 2.05) is 0 Å². The Labute approximate surface area is 416 Å². The number of rotatable bonds is 53. The molecule has 0 aromatic carbocycles. The maximum atomic E-state index is 12.9. The molecule has 0 spiro atoms. The highest BCUT2D eigenvalue weighted by molar-refractivity contribution is 5.71. The Balaban J connectivity index is 4.39. The van der Waals surface area contributed by atoms with Crippen molar-refractivity contribution in [3.8, 4) is 0 Å². The first-order valence-electron chi connectivity index (χ1n) is 29.1. The maximum Gasteiger partial charge on any atom is 0.306 e. The zero-order chi connectivity index (χ0) is 48.6. The average molecular weight is 940 g/mol. The summed E-state index contributed by atoms with van der Waals surface area (Å²) in [7, 11) is 0. The highest BCUT2D eigenvalue weighted by Gasteiger charge is 2.19. The average Bonchev–Trinajstić information content (AvgIpc) is 3.33. The van der Waals surface area contributed by atoms with Crippen molar-refractivity contribution < 1.29 is 28.6 Å². The first-order chi connectivity index (χ1) is 33.0. The van der Waals surface area contributed by atoms with E-state index < -0.39 is 6.10 Å². The van der Waals surface area contributed by atoms with Crippen LogP contribution in [0.4, 0.5) is 0 Å². The van der Waals surface area contributed by atoms with Crippen LogP contribution in [0.2, 0.25) is 0 Å². The number of ether oxygens (including phenoxy) is 3. The van der Waals surface area contributed by atoms with Crippen LogP contribution in [0.1, 0.15) is 303 Å². The predicted octanol–water partition coefficient (Wildman–Crippen LogP) is 19.4. The molecule has 1 unspecified atom stereocenters. The van der Waals surface area contributed by atoms with Crippen LogP contribution in [-0.4, -0.2) is 37.2 Å². The van der Waals surface area contributed by atoms with Gasteiger partial charge in [-0.2, -0.15) is 0 Å². The van der Waals surface area contributed by atoms with Crippen LogP contribution in [0, 0.1) is 0 Å². The Hall–Kier alpha value is -2.63. The van der Waals surface area contributed by atoms with Gasteiger partial charge in [0.15, 0.2) is 6.10 Å². The molecule has 0 bridgehead atoms. The van der Waals surface area contributed by atoms with Crippen molar-refractivity contribution in [2.24, 2.45) is 0 Å². The molecule has 0 aliphatic carbocycles. The van der Waals surface area contributed by atoms with Gasteiger partial charge in [-0.05, 0) is 103 Å². The standard InChI is InChI=1S/C61H110O6/c1-4-7-10-13-16-19-22-25-28-30-31-34-36-39-42-45-48-51-54-60(63)66-57-58(56-65-59(62)53-50-47-44-41-38-35-32-27-24-21-18-15-12-9-6-3)67-61(64)55-52-49-46-43-40-37-33-29-26-23-20-17-14-11-8-5-2/h18,21,27-30,32-33,58H,4-17,19-20,22-26,31,34-57H2,1-3H3/b21-18-,30-28-,32-27-,33-29-. The van der Waals surface area contributed by atoms with E-state index in [1.165, 1.54) is 173 Å². The second-order valence-corrected chi connectivity index (χ2v) is 19.5. The minimum absolute atomic E-state index is 0.0818. The van der Waals surface area contributed by atoms with E-state index in [-0.39, 0.29) is 31.1 Å². The smallest absolute Gasteiger partial charge is 0.306 e. The molecule has 1 atom stereocenters. The van der Waals surface area contributed by atoms with Gasteiger partial charge in [-0.1, -0.05) is 230 Å². The topological polar surface area (TPSA) is 78.9 Å². The molecule has 0 heterocycles. The van der Waals surface area contributed by atoms with Gasteiger partial charge in [-0.25, -0.2) is 0 Å². The second kappa shape index (κ2) is 56.0. The van der Waals surface area contributed by atoms with Gasteiger partial charge >= 0.3 is 17.9 Å². The number of allylic oxidation sites excluding steroid dienone is 8. The Bertz CT molecular complexity index is 1170. The van der Waals surface area contributed by atoms with Gasteiger partial charge in [0, 0.05) is 19.3 Å². The molecule has 0 amide bonds. The van der Waals surface area contributed by atoms with Crippen molar-refractivity contribution in [3.05, 3.63) is 48.6 Å². The predicted molar refractivity (Wildman–Crippen MR) is 289 cm³/mol. The third-order valence-electron chi connectivity index (χ3n) is 12.8. The molecule has 0 aromatic heterocycles. The Morgan fingerprint density at radius 3 is 0.866 bits per heavy atom. The zero-order valence-corrected chi connectivity index (χ0v) is 44.7. The summed E-state index contributed by atoms with van der Waals surface area (Å²) in [5, 5.41) is 0. The molecule has 390 valence electrons. The van der Waals surface area contributed by atoms with E-state index in [2.05, 4.69) is 69.4 Å². The summed E-state index contributed by atoms with van der Waals surface area (Å²) < 4.78 is 16.9. The van der Waals surface area contributed by atoms with E-state index >= 15 is 0 Å². The zero-order valence-electron chi connectivity index (χ0n) is 44.7. The summed E-state index contributed by atoms with van der Waals surface area (Å²) in [6.07, 6.45) is 68.1. The number of unbranched alkanes of at least 4 members (excludes halogenated alkanes) is 34. The monoisotopic (exact) mass is 939 g/mol. The first kappa shape index (κ1) is 64.4. The molecule has 0 saturated heterocycles. The molecular weight excluding hydrogens is 829 g/mol. The highest BCUT2D eigenvalue weighted by Crippen LogP contribution is 2.15. The Kier molecular flexibility index (Phi) is 53.8. The van der Waals surface area contributed by atoms with Crippen molar-refractivity contribution in [3.63, 3.8) is 0 Å². The molecule has 67 heavy (non-hydrogen) atoms. The SMILES string of the molecule is CCCCC/C=C\C/C=C\CCCCCCCC(=O)OCC(COC(=O)CCCCCCCCC/C=C\CCCCCCCCC)OC(=O)CCCCCCC/C=C\CCCCCCCCC. The van der Waals surface area contributed by atoms with Gasteiger partial charge in [-0.3, -0.25) is 14.4 Å². The Morgan fingerprint density at radius 2 is 0.537 bits per heavy atom. The molecule has 6 heteroatoms. The van der Waals surface area contributed by atoms with E-state index in [0.717, 1.165) is 89.9 Å². The van der Waals surface area contributed by atoms with Crippen LogP contribution >= 0.6 is 0 Å². The molecule has 0 saturated carbocycles. The number of carbonyl (C=O) groups excluding carboxylic acids is 3. The number of carbonyl (C=O) groups is 3. The van der Waals surface area contributed by atoms with E-state index in [1.54, 1.807) is 0 Å². The summed E-state index contributed by atoms with van der Waals surface area (Å²) in [6.45, 7) is 6.62. The Morgan fingerprint density at radius 1 is 0.299 bits per heavy atom. The molecule has 0 radical (unpaired) electrons. The number of hydrogen-bond acceptors (Lipinski definition) is 6. The van der Waals surface area contributed by atoms with Gasteiger partial charge in [0.1, 0.15) is 13.2 Å². The van der Waals surface area contributed by atoms with Crippen molar-refractivity contribution in [2.45, 2.75) is 309 Å². The lowest BCUT2D eigenvalue weighted by molar-refractivity contribution is -0.167. The molecule has 0 aliphatic heterocycles. The van der Waals surface area contributed by atoms with Crippen molar-refractivity contribution in [1.29, 1.82) is 0 Å². The summed E-state index contributed by atoms with van der Waals surface area (Å²) >= 11 is 0. The lowest BCUT2D eigenvalue weighted by atomic mass is 10.1. The molecular formula is C61H110O6. The largest absolute Gasteiger partial charge is 0.462 e. The van der Waals surface area contributed by atoms with Crippen LogP contribution in [0.25, 0.3) is 0 Å². The van der Waals surface area contributed by atoms with E-state index in [4.69, 9.17) is 14.2 Å². The van der Waals surface area contributed by atoms with E-state index in [9.17, 15) is 14.4 Å². The fraction of sp³-hybridized carbons (Fsp3) is 0.820. The van der Waals surface area contributed by atoms with Gasteiger partial charge in [0.05, 0.1) is 0 Å². The van der Waals surface area contributed by atoms with E-state index in [0.29, 0.717) is 19.3 Å². The summed E-state index contributed by atoms with van der Waals surface area (Å²) in [4.78, 5) is 38.2. The van der Waals surface area contributed by atoms with Crippen LogP contribution in [-0.2, 0) is 28.6 Å². The van der Waals surface area contributed by atoms with Gasteiger partial charge in [0.2, 0.25) is 0 Å². The van der Waals surface area contributed by atoms with Crippen molar-refractivity contribution >= 4 is 17.9 Å². The van der Waals surface area contributed by atoms with Gasteiger partial charge in [0.25, 0.3) is 0 Å². The molecule has 6 nitrogen and oxygen atoms in total. The summed E-state index contributed by atoms with van der Waals surface area (Å²) in [6, 6.07) is 0. The van der Waals surface area contributed by atoms with Crippen LogP contribution < -0.4 is 0 Å². The van der Waals surface area contributed by atoms with Gasteiger partial charge in [-0.15, -0.1) is 0 Å². The number of hydrogen-bond donors (Lipinski definition) is 0. The normalized spacial score (nSPS) is 12.3. The minimum atomic E-state index is -0.784. The molecule has 0 rings (SSSR count). The third-order valence-corrected chi connectivity index (χ3v) is 12.8. The fourth-order valence-electron chi connectivity index (χ4n) is 8.35. The highest BCUT2D eigenvalue weighted by atomic mass is 16.6. The molecule has 0 aromatic rings. The second-order valence-electron chi connectivity index (χ2n) is 19.5. The van der Waals surface area contributed by atoms with Crippen molar-refractivity contribution in [2.75, 3.05) is 13.2 Å². The molecule has 0 fully saturated rings. The molecule has 0 aliphatic rings. The third kappa shape index (κ3) is 54.2. The summed E-state index contributed by atoms with van der Waals surface area (Å²) in [5.74, 6) is -0.895. The number of esters is 3. The lowest BCUT2D eigenvalue weighted by Gasteiger charge is -2.18. The molecule has 0 N–H and O–H groups in total. The fourth-order valence-corrected chi connectivity index (χ4v) is 8.35. The van der Waals surface area contributed by atoms with Crippen LogP contribution in [0.3, 0.4) is 0 Å². The lowest BCUT2D eigenvalue weighted by Crippen LogP contribution is -2.30. The minimum Gasteiger partial charge on any atom is -0.462 e. The first-order valence-corrected chi connectivity index (χ1v) is 29.1. The quantitative estimate of drug-likeness (QED) is 0.0262. The maximum absolute atomic E-state index is 12.9. The van der Waals surface area contributed by atoms with Crippen LogP contribution in [0.5, 0.6) is 0 Å².